The number of amides is 2. The van der Waals surface area contributed by atoms with Gasteiger partial charge in [0.1, 0.15) is 17.6 Å². The van der Waals surface area contributed by atoms with E-state index in [0.29, 0.717) is 37.0 Å². The maximum atomic E-state index is 12.9. The fraction of sp³-hybridized carbons (Fsp3) is 0.647. The van der Waals surface area contributed by atoms with Crippen molar-refractivity contribution in [2.45, 2.75) is 51.5 Å². The Hall–Kier alpha value is -1.98. The molecular formula is C17H24N4O2. The zero-order valence-electron chi connectivity index (χ0n) is 13.8. The van der Waals surface area contributed by atoms with Crippen molar-refractivity contribution in [2.75, 3.05) is 13.1 Å². The third kappa shape index (κ3) is 3.68. The largest absolute Gasteiger partial charge is 0.354 e. The van der Waals surface area contributed by atoms with Crippen LogP contribution < -0.4 is 5.32 Å². The summed E-state index contributed by atoms with van der Waals surface area (Å²) in [6.45, 7) is 5.33. The molecule has 2 aliphatic rings. The van der Waals surface area contributed by atoms with Gasteiger partial charge in [-0.25, -0.2) is 9.97 Å². The van der Waals surface area contributed by atoms with Gasteiger partial charge in [-0.2, -0.15) is 0 Å². The molecule has 1 saturated carbocycles. The molecule has 124 valence electrons. The first kappa shape index (κ1) is 15.9. The predicted octanol–water partition coefficient (Wildman–Crippen LogP) is 1.73. The van der Waals surface area contributed by atoms with Crippen LogP contribution in [0.25, 0.3) is 0 Å². The Bertz CT molecular complexity index is 598. The van der Waals surface area contributed by atoms with Gasteiger partial charge in [-0.05, 0) is 37.7 Å². The van der Waals surface area contributed by atoms with Gasteiger partial charge in [0.25, 0.3) is 5.91 Å². The second kappa shape index (κ2) is 6.64. The van der Waals surface area contributed by atoms with Crippen LogP contribution in [0.1, 0.15) is 61.8 Å². The van der Waals surface area contributed by atoms with Gasteiger partial charge in [0, 0.05) is 25.2 Å². The molecule has 1 aliphatic heterocycles. The summed E-state index contributed by atoms with van der Waals surface area (Å²) < 4.78 is 0. The molecular weight excluding hydrogens is 292 g/mol. The van der Waals surface area contributed by atoms with Gasteiger partial charge in [-0.3, -0.25) is 9.59 Å². The molecule has 3 rings (SSSR count). The summed E-state index contributed by atoms with van der Waals surface area (Å²) >= 11 is 0. The van der Waals surface area contributed by atoms with Gasteiger partial charge < -0.3 is 10.2 Å². The summed E-state index contributed by atoms with van der Waals surface area (Å²) in [5, 5.41) is 2.91. The number of hydrogen-bond acceptors (Lipinski definition) is 4. The lowest BCUT2D eigenvalue weighted by Gasteiger charge is -2.29. The van der Waals surface area contributed by atoms with Gasteiger partial charge in [0.05, 0.1) is 0 Å². The van der Waals surface area contributed by atoms with E-state index >= 15 is 0 Å². The smallest absolute Gasteiger partial charge is 0.273 e. The first-order valence-electron chi connectivity index (χ1n) is 8.48. The highest BCUT2D eigenvalue weighted by atomic mass is 16.2. The van der Waals surface area contributed by atoms with Crippen LogP contribution in [0.4, 0.5) is 0 Å². The van der Waals surface area contributed by atoms with E-state index in [1.807, 2.05) is 0 Å². The number of carbonyl (C=O) groups is 2. The van der Waals surface area contributed by atoms with Crippen LogP contribution in [0.2, 0.25) is 0 Å². The standard InChI is InChI=1S/C17H24N4O2/c1-11(2)10-14-16(22)19-7-3-9-21(14)17(23)13-6-8-18-15(20-13)12-4-5-12/h6,8,11-12,14H,3-5,7,9-10H2,1-2H3,(H,19,22). The molecule has 1 aliphatic carbocycles. The molecule has 1 unspecified atom stereocenters. The van der Waals surface area contributed by atoms with Gasteiger partial charge in [-0.1, -0.05) is 13.8 Å². The number of aromatic nitrogens is 2. The molecule has 23 heavy (non-hydrogen) atoms. The molecule has 0 radical (unpaired) electrons. The van der Waals surface area contributed by atoms with Crippen LogP contribution in [-0.4, -0.2) is 45.8 Å². The van der Waals surface area contributed by atoms with Crippen LogP contribution in [0, 0.1) is 5.92 Å². The van der Waals surface area contributed by atoms with Gasteiger partial charge in [0.2, 0.25) is 5.91 Å². The van der Waals surface area contributed by atoms with Crippen LogP contribution >= 0.6 is 0 Å². The summed E-state index contributed by atoms with van der Waals surface area (Å²) in [5.74, 6) is 1.29. The van der Waals surface area contributed by atoms with Crippen molar-refractivity contribution >= 4 is 11.8 Å². The van der Waals surface area contributed by atoms with E-state index in [9.17, 15) is 9.59 Å². The molecule has 2 amide bonds. The van der Waals surface area contributed by atoms with E-state index < -0.39 is 6.04 Å². The molecule has 1 N–H and O–H groups in total. The lowest BCUT2D eigenvalue weighted by Crippen LogP contribution is -2.48. The molecule has 2 heterocycles. The zero-order valence-corrected chi connectivity index (χ0v) is 13.8. The highest BCUT2D eigenvalue weighted by molar-refractivity contribution is 5.96. The van der Waals surface area contributed by atoms with E-state index in [0.717, 1.165) is 25.1 Å². The van der Waals surface area contributed by atoms with Crippen molar-refractivity contribution in [3.63, 3.8) is 0 Å². The van der Waals surface area contributed by atoms with Crippen LogP contribution in [0.3, 0.4) is 0 Å². The van der Waals surface area contributed by atoms with Crippen molar-refractivity contribution in [3.05, 3.63) is 23.8 Å². The third-order valence-corrected chi connectivity index (χ3v) is 4.35. The van der Waals surface area contributed by atoms with Gasteiger partial charge in [-0.15, -0.1) is 0 Å². The first-order chi connectivity index (χ1) is 11.1. The average Bonchev–Trinajstić information content (AvgIpc) is 3.37. The number of nitrogens with zero attached hydrogens (tertiary/aromatic N) is 3. The van der Waals surface area contributed by atoms with Crippen LogP contribution in [0.5, 0.6) is 0 Å². The highest BCUT2D eigenvalue weighted by Crippen LogP contribution is 2.37. The fourth-order valence-electron chi connectivity index (χ4n) is 2.98. The Morgan fingerprint density at radius 2 is 2.22 bits per heavy atom. The summed E-state index contributed by atoms with van der Waals surface area (Å²) in [5.41, 5.74) is 0.408. The molecule has 0 spiro atoms. The normalized spacial score (nSPS) is 22.0. The molecule has 1 saturated heterocycles. The molecule has 2 fully saturated rings. The minimum atomic E-state index is -0.413. The Morgan fingerprint density at radius 3 is 2.91 bits per heavy atom. The monoisotopic (exact) mass is 316 g/mol. The topological polar surface area (TPSA) is 75.2 Å². The molecule has 1 aromatic heterocycles. The van der Waals surface area contributed by atoms with Crippen LogP contribution in [0.15, 0.2) is 12.3 Å². The highest BCUT2D eigenvalue weighted by Gasteiger charge is 2.34. The number of carbonyl (C=O) groups excluding carboxylic acids is 2. The minimum Gasteiger partial charge on any atom is -0.354 e. The SMILES string of the molecule is CC(C)CC1C(=O)NCCCN1C(=O)c1ccnc(C2CC2)n1. The zero-order chi connectivity index (χ0) is 16.4. The van der Waals surface area contributed by atoms with Crippen molar-refractivity contribution in [1.82, 2.24) is 20.2 Å². The Balaban J connectivity index is 1.84. The van der Waals surface area contributed by atoms with E-state index in [-0.39, 0.29) is 11.8 Å². The van der Waals surface area contributed by atoms with E-state index in [1.165, 1.54) is 0 Å². The molecule has 1 aromatic rings. The summed E-state index contributed by atoms with van der Waals surface area (Å²) in [4.78, 5) is 35.7. The number of hydrogen-bond donors (Lipinski definition) is 1. The molecule has 1 atom stereocenters. The van der Waals surface area contributed by atoms with Crippen molar-refractivity contribution < 1.29 is 9.59 Å². The van der Waals surface area contributed by atoms with E-state index in [1.54, 1.807) is 17.2 Å². The Labute approximate surface area is 136 Å². The summed E-state index contributed by atoms with van der Waals surface area (Å²) in [6.07, 6.45) is 5.29. The second-order valence-electron chi connectivity index (χ2n) is 6.86. The maximum Gasteiger partial charge on any atom is 0.273 e. The average molecular weight is 316 g/mol. The number of nitrogens with one attached hydrogen (secondary N) is 1. The Morgan fingerprint density at radius 1 is 1.43 bits per heavy atom. The second-order valence-corrected chi connectivity index (χ2v) is 6.86. The van der Waals surface area contributed by atoms with Gasteiger partial charge in [0.15, 0.2) is 0 Å². The number of rotatable bonds is 4. The van der Waals surface area contributed by atoms with E-state index in [4.69, 9.17) is 0 Å². The quantitative estimate of drug-likeness (QED) is 0.918. The maximum absolute atomic E-state index is 12.9. The predicted molar refractivity (Wildman–Crippen MR) is 85.9 cm³/mol. The summed E-state index contributed by atoms with van der Waals surface area (Å²) in [6, 6.07) is 1.24. The van der Waals surface area contributed by atoms with E-state index in [2.05, 4.69) is 29.1 Å². The third-order valence-electron chi connectivity index (χ3n) is 4.35. The molecule has 6 nitrogen and oxygen atoms in total. The summed E-state index contributed by atoms with van der Waals surface area (Å²) in [7, 11) is 0. The molecule has 0 aromatic carbocycles. The molecule has 6 heteroatoms. The van der Waals surface area contributed by atoms with Crippen LogP contribution in [-0.2, 0) is 4.79 Å². The van der Waals surface area contributed by atoms with Crippen molar-refractivity contribution in [3.8, 4) is 0 Å². The minimum absolute atomic E-state index is 0.0546. The Kier molecular flexibility index (Phi) is 4.59. The molecule has 0 bridgehead atoms. The lowest BCUT2D eigenvalue weighted by atomic mass is 10.0. The van der Waals surface area contributed by atoms with Crippen molar-refractivity contribution in [1.29, 1.82) is 0 Å². The van der Waals surface area contributed by atoms with Gasteiger partial charge >= 0.3 is 0 Å². The van der Waals surface area contributed by atoms with Crippen molar-refractivity contribution in [2.24, 2.45) is 5.92 Å². The fourth-order valence-corrected chi connectivity index (χ4v) is 2.98. The lowest BCUT2D eigenvalue weighted by molar-refractivity contribution is -0.125. The first-order valence-corrected chi connectivity index (χ1v) is 8.48.